The number of benzene rings is 1. The molecule has 1 aliphatic carbocycles. The normalized spacial score (nSPS) is 13.1. The molecule has 2 N–H and O–H groups in total. The number of carboxylic acids is 1. The first kappa shape index (κ1) is 14.5. The Labute approximate surface area is 128 Å². The monoisotopic (exact) mass is 298 g/mol. The molecule has 5 heteroatoms. The Bertz CT molecular complexity index is 740. The highest BCUT2D eigenvalue weighted by atomic mass is 16.4. The molecule has 0 fully saturated rings. The first-order valence-corrected chi connectivity index (χ1v) is 7.57. The molecule has 0 spiro atoms. The van der Waals surface area contributed by atoms with Crippen molar-refractivity contribution >= 4 is 22.8 Å². The molecule has 0 aliphatic heterocycles. The number of carbonyl (C=O) groups is 2. The van der Waals surface area contributed by atoms with Crippen LogP contribution >= 0.6 is 0 Å². The van der Waals surface area contributed by atoms with Crippen LogP contribution in [0.5, 0.6) is 0 Å². The molecule has 2 aromatic rings. The minimum Gasteiger partial charge on any atom is -0.481 e. The standard InChI is InChI=1S/C17H18N2O3/c20-15(21)9-4-10-18-17(22)16-11-5-1-2-7-13(11)19-14-8-3-6-12(14)16/h1-2,5,7H,3-4,6,8-10H2,(H,18,22)(H,20,21). The predicted octanol–water partition coefficient (Wildman–Crippen LogP) is 2.32. The van der Waals surface area contributed by atoms with Crippen LogP contribution in [-0.2, 0) is 17.6 Å². The number of hydrogen-bond donors (Lipinski definition) is 2. The van der Waals surface area contributed by atoms with E-state index in [1.54, 1.807) is 0 Å². The van der Waals surface area contributed by atoms with Crippen molar-refractivity contribution in [3.63, 3.8) is 0 Å². The van der Waals surface area contributed by atoms with Crippen molar-refractivity contribution in [2.24, 2.45) is 0 Å². The third-order valence-electron chi connectivity index (χ3n) is 4.00. The van der Waals surface area contributed by atoms with Crippen LogP contribution < -0.4 is 5.32 Å². The highest BCUT2D eigenvalue weighted by Gasteiger charge is 2.23. The summed E-state index contributed by atoms with van der Waals surface area (Å²) in [4.78, 5) is 27.8. The molecule has 0 bridgehead atoms. The molecule has 1 aliphatic rings. The Morgan fingerprint density at radius 2 is 2.05 bits per heavy atom. The van der Waals surface area contributed by atoms with Crippen LogP contribution in [-0.4, -0.2) is 28.5 Å². The van der Waals surface area contributed by atoms with Crippen molar-refractivity contribution in [3.05, 3.63) is 41.1 Å². The summed E-state index contributed by atoms with van der Waals surface area (Å²) in [5.74, 6) is -0.966. The topological polar surface area (TPSA) is 79.3 Å². The molecule has 0 saturated carbocycles. The third-order valence-corrected chi connectivity index (χ3v) is 4.00. The van der Waals surface area contributed by atoms with E-state index in [1.807, 2.05) is 24.3 Å². The third kappa shape index (κ3) is 2.79. The van der Waals surface area contributed by atoms with Gasteiger partial charge in [-0.3, -0.25) is 14.6 Å². The lowest BCUT2D eigenvalue weighted by Gasteiger charge is -2.12. The quantitative estimate of drug-likeness (QED) is 0.830. The average Bonchev–Trinajstić information content (AvgIpc) is 2.96. The summed E-state index contributed by atoms with van der Waals surface area (Å²) >= 11 is 0. The van der Waals surface area contributed by atoms with E-state index >= 15 is 0 Å². The predicted molar refractivity (Wildman–Crippen MR) is 83.0 cm³/mol. The van der Waals surface area contributed by atoms with Crippen molar-refractivity contribution in [3.8, 4) is 0 Å². The largest absolute Gasteiger partial charge is 0.481 e. The Balaban J connectivity index is 1.89. The van der Waals surface area contributed by atoms with Crippen LogP contribution in [0.2, 0.25) is 0 Å². The lowest BCUT2D eigenvalue weighted by Crippen LogP contribution is -2.26. The van der Waals surface area contributed by atoms with Crippen molar-refractivity contribution in [2.75, 3.05) is 6.54 Å². The second-order valence-corrected chi connectivity index (χ2v) is 5.54. The minimum absolute atomic E-state index is 0.0650. The fourth-order valence-corrected chi connectivity index (χ4v) is 3.00. The summed E-state index contributed by atoms with van der Waals surface area (Å²) in [7, 11) is 0. The van der Waals surface area contributed by atoms with Crippen LogP contribution in [0.3, 0.4) is 0 Å². The Morgan fingerprint density at radius 3 is 2.86 bits per heavy atom. The van der Waals surface area contributed by atoms with Gasteiger partial charge in [0.05, 0.1) is 11.1 Å². The molecule has 1 aromatic carbocycles. The highest BCUT2D eigenvalue weighted by molar-refractivity contribution is 6.07. The van der Waals surface area contributed by atoms with Gasteiger partial charge in [0.25, 0.3) is 5.91 Å². The number of hydrogen-bond acceptors (Lipinski definition) is 3. The second kappa shape index (κ2) is 6.13. The van der Waals surface area contributed by atoms with Gasteiger partial charge in [0.2, 0.25) is 0 Å². The molecule has 5 nitrogen and oxygen atoms in total. The van der Waals surface area contributed by atoms with E-state index in [0.717, 1.165) is 41.4 Å². The number of amides is 1. The maximum absolute atomic E-state index is 12.6. The number of aryl methyl sites for hydroxylation is 1. The van der Waals surface area contributed by atoms with Crippen molar-refractivity contribution in [1.29, 1.82) is 0 Å². The zero-order valence-electron chi connectivity index (χ0n) is 12.3. The smallest absolute Gasteiger partial charge is 0.303 e. The number of carboxylic acid groups (broad SMARTS) is 1. The van der Waals surface area contributed by atoms with E-state index in [0.29, 0.717) is 18.5 Å². The van der Waals surface area contributed by atoms with E-state index in [1.165, 1.54) is 0 Å². The molecule has 1 aromatic heterocycles. The number of rotatable bonds is 5. The minimum atomic E-state index is -0.843. The average molecular weight is 298 g/mol. The first-order chi connectivity index (χ1) is 10.7. The summed E-state index contributed by atoms with van der Waals surface area (Å²) in [6.07, 6.45) is 3.32. The van der Waals surface area contributed by atoms with Gasteiger partial charge in [0.15, 0.2) is 0 Å². The summed E-state index contributed by atoms with van der Waals surface area (Å²) < 4.78 is 0. The number of nitrogens with one attached hydrogen (secondary N) is 1. The molecular weight excluding hydrogens is 280 g/mol. The Kier molecular flexibility index (Phi) is 4.04. The van der Waals surface area contributed by atoms with Crippen LogP contribution in [0.15, 0.2) is 24.3 Å². The maximum atomic E-state index is 12.6. The fraction of sp³-hybridized carbons (Fsp3) is 0.353. The zero-order valence-corrected chi connectivity index (χ0v) is 12.3. The summed E-state index contributed by atoms with van der Waals surface area (Å²) in [5.41, 5.74) is 3.64. The zero-order chi connectivity index (χ0) is 15.5. The van der Waals surface area contributed by atoms with Gasteiger partial charge < -0.3 is 10.4 Å². The molecular formula is C17H18N2O3. The fourth-order valence-electron chi connectivity index (χ4n) is 3.00. The molecule has 3 rings (SSSR count). The van der Waals surface area contributed by atoms with E-state index in [9.17, 15) is 9.59 Å². The highest BCUT2D eigenvalue weighted by Crippen LogP contribution is 2.29. The number of aromatic nitrogens is 1. The molecule has 114 valence electrons. The summed E-state index contributed by atoms with van der Waals surface area (Å²) in [6.45, 7) is 0.372. The molecule has 1 heterocycles. The molecule has 0 unspecified atom stereocenters. The van der Waals surface area contributed by atoms with E-state index in [2.05, 4.69) is 10.3 Å². The van der Waals surface area contributed by atoms with E-state index < -0.39 is 5.97 Å². The lowest BCUT2D eigenvalue weighted by molar-refractivity contribution is -0.137. The number of para-hydroxylation sites is 1. The van der Waals surface area contributed by atoms with Crippen molar-refractivity contribution < 1.29 is 14.7 Å². The number of nitrogens with zero attached hydrogens (tertiary/aromatic N) is 1. The number of aliphatic carboxylic acids is 1. The van der Waals surface area contributed by atoms with Gasteiger partial charge >= 0.3 is 5.97 Å². The first-order valence-electron chi connectivity index (χ1n) is 7.57. The Hall–Kier alpha value is -2.43. The number of fused-ring (bicyclic) bond motifs is 2. The van der Waals surface area contributed by atoms with Crippen LogP contribution in [0.1, 0.15) is 40.9 Å². The van der Waals surface area contributed by atoms with Gasteiger partial charge in [-0.1, -0.05) is 18.2 Å². The maximum Gasteiger partial charge on any atom is 0.303 e. The number of pyridine rings is 1. The molecule has 0 radical (unpaired) electrons. The van der Waals surface area contributed by atoms with Crippen LogP contribution in [0.4, 0.5) is 0 Å². The molecule has 0 saturated heterocycles. The van der Waals surface area contributed by atoms with Gasteiger partial charge in [0.1, 0.15) is 0 Å². The summed E-state index contributed by atoms with van der Waals surface area (Å²) in [6, 6.07) is 7.68. The van der Waals surface area contributed by atoms with Crippen molar-refractivity contribution in [2.45, 2.75) is 32.1 Å². The molecule has 22 heavy (non-hydrogen) atoms. The van der Waals surface area contributed by atoms with Gasteiger partial charge in [0, 0.05) is 24.0 Å². The Morgan fingerprint density at radius 1 is 1.23 bits per heavy atom. The van der Waals surface area contributed by atoms with Crippen LogP contribution in [0, 0.1) is 0 Å². The lowest BCUT2D eigenvalue weighted by atomic mass is 10.0. The molecule has 1 amide bonds. The van der Waals surface area contributed by atoms with E-state index in [-0.39, 0.29) is 12.3 Å². The number of carbonyl (C=O) groups excluding carboxylic acids is 1. The molecule has 0 atom stereocenters. The summed E-state index contributed by atoms with van der Waals surface area (Å²) in [5, 5.41) is 12.4. The second-order valence-electron chi connectivity index (χ2n) is 5.54. The van der Waals surface area contributed by atoms with E-state index in [4.69, 9.17) is 5.11 Å². The SMILES string of the molecule is O=C(O)CCCNC(=O)c1c2c(nc3ccccc13)CCC2. The van der Waals surface area contributed by atoms with Gasteiger partial charge in [-0.25, -0.2) is 0 Å². The van der Waals surface area contributed by atoms with Gasteiger partial charge in [-0.05, 0) is 37.3 Å². The van der Waals surface area contributed by atoms with Gasteiger partial charge in [-0.2, -0.15) is 0 Å². The van der Waals surface area contributed by atoms with Crippen molar-refractivity contribution in [1.82, 2.24) is 10.3 Å². The van der Waals surface area contributed by atoms with Crippen LogP contribution in [0.25, 0.3) is 10.9 Å². The van der Waals surface area contributed by atoms with Gasteiger partial charge in [-0.15, -0.1) is 0 Å².